The number of Topliss-reactive ketones (excluding diaryl/α,β-unsaturated/α-hetero) is 1. The molecule has 1 aromatic rings. The number of rotatable bonds is 3. The summed E-state index contributed by atoms with van der Waals surface area (Å²) >= 11 is 5.56. The van der Waals surface area contributed by atoms with Crippen molar-refractivity contribution in [1.82, 2.24) is 0 Å². The number of ketones is 1. The molecule has 0 amide bonds. The second-order valence-corrected chi connectivity index (χ2v) is 3.41. The van der Waals surface area contributed by atoms with Crippen molar-refractivity contribution in [2.75, 3.05) is 0 Å². The fourth-order valence-corrected chi connectivity index (χ4v) is 1.34. The Morgan fingerprint density at radius 2 is 2.13 bits per heavy atom. The Morgan fingerprint density at radius 3 is 2.67 bits per heavy atom. The van der Waals surface area contributed by atoms with E-state index in [9.17, 15) is 18.7 Å². The molecule has 82 valence electrons. The zero-order valence-electron chi connectivity index (χ0n) is 7.93. The Morgan fingerprint density at radius 1 is 1.53 bits per heavy atom. The molecule has 1 N–H and O–H groups in total. The predicted octanol–water partition coefficient (Wildman–Crippen LogP) is 2.57. The first-order valence-corrected chi connectivity index (χ1v) is 4.72. The number of halogens is 3. The van der Waals surface area contributed by atoms with Crippen LogP contribution in [0.1, 0.15) is 23.7 Å². The van der Waals surface area contributed by atoms with Crippen molar-refractivity contribution in [2.24, 2.45) is 0 Å². The molecular formula is C10H9ClF2O2. The molecule has 1 rings (SSSR count). The summed E-state index contributed by atoms with van der Waals surface area (Å²) in [5, 5.41) is 9.02. The van der Waals surface area contributed by atoms with Crippen LogP contribution in [-0.4, -0.2) is 17.0 Å². The maximum atomic E-state index is 13.2. The Bertz CT molecular complexity index is 393. The third-order valence-corrected chi connectivity index (χ3v) is 2.29. The summed E-state index contributed by atoms with van der Waals surface area (Å²) < 4.78 is 26.0. The van der Waals surface area contributed by atoms with Gasteiger partial charge in [-0.2, -0.15) is 0 Å². The van der Waals surface area contributed by atoms with Gasteiger partial charge in [0.15, 0.2) is 17.4 Å². The van der Waals surface area contributed by atoms with E-state index in [1.807, 2.05) is 0 Å². The van der Waals surface area contributed by atoms with Gasteiger partial charge in [-0.05, 0) is 18.6 Å². The van der Waals surface area contributed by atoms with E-state index >= 15 is 0 Å². The van der Waals surface area contributed by atoms with Crippen molar-refractivity contribution in [1.29, 1.82) is 0 Å². The van der Waals surface area contributed by atoms with Crippen molar-refractivity contribution in [3.8, 4) is 0 Å². The number of carbonyl (C=O) groups excluding carboxylic acids is 1. The summed E-state index contributed by atoms with van der Waals surface area (Å²) in [7, 11) is 0. The molecule has 0 saturated carbocycles. The van der Waals surface area contributed by atoms with Crippen LogP contribution in [0.2, 0.25) is 5.02 Å². The number of hydrogen-bond acceptors (Lipinski definition) is 2. The van der Waals surface area contributed by atoms with E-state index in [0.29, 0.717) is 0 Å². The number of benzene rings is 1. The van der Waals surface area contributed by atoms with Gasteiger partial charge in [0.2, 0.25) is 0 Å². The molecule has 0 bridgehead atoms. The van der Waals surface area contributed by atoms with Gasteiger partial charge >= 0.3 is 0 Å². The second kappa shape index (κ2) is 4.68. The summed E-state index contributed by atoms with van der Waals surface area (Å²) in [6, 6.07) is 1.91. The summed E-state index contributed by atoms with van der Waals surface area (Å²) in [5.74, 6) is -3.38. The van der Waals surface area contributed by atoms with Crippen molar-refractivity contribution in [3.63, 3.8) is 0 Å². The van der Waals surface area contributed by atoms with Crippen molar-refractivity contribution in [2.45, 2.75) is 19.4 Å². The van der Waals surface area contributed by atoms with E-state index in [1.54, 1.807) is 6.92 Å². The molecule has 0 radical (unpaired) electrons. The lowest BCUT2D eigenvalue weighted by Crippen LogP contribution is -2.21. The topological polar surface area (TPSA) is 37.3 Å². The number of carbonyl (C=O) groups is 1. The minimum absolute atomic E-state index is 0.116. The molecule has 0 aliphatic carbocycles. The molecule has 0 aliphatic rings. The zero-order valence-corrected chi connectivity index (χ0v) is 8.68. The minimum Gasteiger partial charge on any atom is -0.385 e. The maximum Gasteiger partial charge on any atom is 0.195 e. The SMILES string of the molecule is CCC(O)C(=O)c1c(Cl)ccc(F)c1F. The van der Waals surface area contributed by atoms with Gasteiger partial charge in [0, 0.05) is 0 Å². The predicted molar refractivity (Wildman–Crippen MR) is 52.0 cm³/mol. The molecule has 0 spiro atoms. The third-order valence-electron chi connectivity index (χ3n) is 1.98. The van der Waals surface area contributed by atoms with E-state index in [1.165, 1.54) is 0 Å². The van der Waals surface area contributed by atoms with Crippen LogP contribution in [0.25, 0.3) is 0 Å². The van der Waals surface area contributed by atoms with E-state index in [4.69, 9.17) is 11.6 Å². The molecule has 0 saturated heterocycles. The Hall–Kier alpha value is -1.00. The van der Waals surface area contributed by atoms with Crippen LogP contribution in [0.15, 0.2) is 12.1 Å². The van der Waals surface area contributed by atoms with E-state index < -0.39 is 29.1 Å². The summed E-state index contributed by atoms with van der Waals surface area (Å²) in [4.78, 5) is 11.4. The maximum absolute atomic E-state index is 13.2. The van der Waals surface area contributed by atoms with Crippen LogP contribution >= 0.6 is 11.6 Å². The van der Waals surface area contributed by atoms with E-state index in [0.717, 1.165) is 12.1 Å². The average molecular weight is 235 g/mol. The first-order chi connectivity index (χ1) is 6.99. The zero-order chi connectivity index (χ0) is 11.6. The fraction of sp³-hybridized carbons (Fsp3) is 0.300. The van der Waals surface area contributed by atoms with Gasteiger partial charge in [0.25, 0.3) is 0 Å². The third kappa shape index (κ3) is 2.33. The second-order valence-electron chi connectivity index (χ2n) is 3.01. The number of hydrogen-bond donors (Lipinski definition) is 1. The normalized spacial score (nSPS) is 12.6. The lowest BCUT2D eigenvalue weighted by atomic mass is 10.0. The first-order valence-electron chi connectivity index (χ1n) is 4.34. The highest BCUT2D eigenvalue weighted by Crippen LogP contribution is 2.23. The molecule has 15 heavy (non-hydrogen) atoms. The largest absolute Gasteiger partial charge is 0.385 e. The van der Waals surface area contributed by atoms with Gasteiger partial charge < -0.3 is 5.11 Å². The Balaban J connectivity index is 3.24. The highest BCUT2D eigenvalue weighted by Gasteiger charge is 2.24. The van der Waals surface area contributed by atoms with Crippen LogP contribution in [0.4, 0.5) is 8.78 Å². The molecule has 5 heteroatoms. The van der Waals surface area contributed by atoms with Gasteiger partial charge in [0.05, 0.1) is 10.6 Å². The summed E-state index contributed by atoms with van der Waals surface area (Å²) in [5.41, 5.74) is -0.592. The number of aliphatic hydroxyl groups is 1. The van der Waals surface area contributed by atoms with Crippen LogP contribution in [0.5, 0.6) is 0 Å². The van der Waals surface area contributed by atoms with Crippen LogP contribution in [0.3, 0.4) is 0 Å². The highest BCUT2D eigenvalue weighted by molar-refractivity contribution is 6.34. The fourth-order valence-electron chi connectivity index (χ4n) is 1.10. The summed E-state index contributed by atoms with van der Waals surface area (Å²) in [6.45, 7) is 1.55. The summed E-state index contributed by atoms with van der Waals surface area (Å²) in [6.07, 6.45) is -1.25. The van der Waals surface area contributed by atoms with E-state index in [-0.39, 0.29) is 11.4 Å². The Labute approximate surface area is 90.5 Å². The average Bonchev–Trinajstić information content (AvgIpc) is 2.22. The molecule has 1 aromatic carbocycles. The van der Waals surface area contributed by atoms with Crippen molar-refractivity contribution >= 4 is 17.4 Å². The minimum atomic E-state index is -1.36. The van der Waals surface area contributed by atoms with Crippen LogP contribution in [-0.2, 0) is 0 Å². The van der Waals surface area contributed by atoms with Gasteiger partial charge in [-0.1, -0.05) is 18.5 Å². The highest BCUT2D eigenvalue weighted by atomic mass is 35.5. The van der Waals surface area contributed by atoms with Gasteiger partial charge in [-0.3, -0.25) is 4.79 Å². The van der Waals surface area contributed by atoms with E-state index in [2.05, 4.69) is 0 Å². The first kappa shape index (κ1) is 12.1. The standard InChI is InChI=1S/C10H9ClF2O2/c1-2-7(14)10(15)8-5(11)3-4-6(12)9(8)13/h3-4,7,14H,2H2,1H3. The van der Waals surface area contributed by atoms with Crippen molar-refractivity contribution in [3.05, 3.63) is 34.4 Å². The molecule has 0 aromatic heterocycles. The lowest BCUT2D eigenvalue weighted by molar-refractivity contribution is 0.0735. The molecule has 2 nitrogen and oxygen atoms in total. The van der Waals surface area contributed by atoms with Crippen LogP contribution < -0.4 is 0 Å². The number of aliphatic hydroxyl groups excluding tert-OH is 1. The molecule has 1 unspecified atom stereocenters. The molecule has 0 aliphatic heterocycles. The van der Waals surface area contributed by atoms with Gasteiger partial charge in [0.1, 0.15) is 6.10 Å². The Kier molecular flexibility index (Phi) is 3.77. The molecule has 0 heterocycles. The van der Waals surface area contributed by atoms with Crippen molar-refractivity contribution < 1.29 is 18.7 Å². The molecular weight excluding hydrogens is 226 g/mol. The smallest absolute Gasteiger partial charge is 0.195 e. The molecule has 0 fully saturated rings. The molecule has 1 atom stereocenters. The quantitative estimate of drug-likeness (QED) is 0.645. The van der Waals surface area contributed by atoms with Gasteiger partial charge in [-0.25, -0.2) is 8.78 Å². The van der Waals surface area contributed by atoms with Gasteiger partial charge in [-0.15, -0.1) is 0 Å². The monoisotopic (exact) mass is 234 g/mol. The lowest BCUT2D eigenvalue weighted by Gasteiger charge is -2.09. The van der Waals surface area contributed by atoms with Crippen LogP contribution in [0, 0.1) is 11.6 Å².